The van der Waals surface area contributed by atoms with Crippen LogP contribution >= 0.6 is 0 Å². The minimum atomic E-state index is -1.15. The van der Waals surface area contributed by atoms with Crippen LogP contribution in [0.4, 0.5) is 0 Å². The first-order valence-electron chi connectivity index (χ1n) is 6.46. The van der Waals surface area contributed by atoms with Gasteiger partial charge in [-0.2, -0.15) is 5.10 Å². The first-order chi connectivity index (χ1) is 9.62. The van der Waals surface area contributed by atoms with E-state index in [1.54, 1.807) is 12.4 Å². The lowest BCUT2D eigenvalue weighted by Crippen LogP contribution is -2.52. The van der Waals surface area contributed by atoms with Crippen LogP contribution in [0.5, 0.6) is 0 Å². The Bertz CT molecular complexity index is 673. The molecule has 0 spiro atoms. The number of carbonyl (C=O) groups is 2. The number of carbonyl (C=O) groups excluding carboxylic acids is 1. The Morgan fingerprint density at radius 3 is 2.75 bits per heavy atom. The highest BCUT2D eigenvalue weighted by Crippen LogP contribution is 2.30. The normalized spacial score (nSPS) is 17.2. The number of nitrogens with zero attached hydrogens (tertiary/aromatic N) is 3. The van der Waals surface area contributed by atoms with Crippen molar-refractivity contribution in [2.45, 2.75) is 31.2 Å². The number of aliphatic carboxylic acids is 1. The van der Waals surface area contributed by atoms with Crippen LogP contribution < -0.4 is 5.32 Å². The molecule has 0 bridgehead atoms. The molecule has 1 amide bonds. The summed E-state index contributed by atoms with van der Waals surface area (Å²) in [6.45, 7) is 0. The highest BCUT2D eigenvalue weighted by molar-refractivity contribution is 6.02. The number of amides is 1. The molecule has 0 aromatic carbocycles. The van der Waals surface area contributed by atoms with Crippen molar-refractivity contribution in [1.29, 1.82) is 0 Å². The van der Waals surface area contributed by atoms with Gasteiger partial charge in [0.1, 0.15) is 5.54 Å². The molecule has 1 saturated carbocycles. The Morgan fingerprint density at radius 2 is 2.05 bits per heavy atom. The monoisotopic (exact) mass is 274 g/mol. The van der Waals surface area contributed by atoms with E-state index in [0.29, 0.717) is 23.9 Å². The van der Waals surface area contributed by atoms with E-state index in [1.165, 1.54) is 16.9 Å². The molecule has 0 radical (unpaired) electrons. The smallest absolute Gasteiger partial charge is 0.329 e. The standard InChI is InChI=1S/C13H14N4O3/c18-11(16-13(12(19)20)3-1-2-4-13)9-7-15-17-6-5-14-8-10(9)17/h5-8H,1-4H2,(H,16,18)(H,19,20). The van der Waals surface area contributed by atoms with Crippen molar-refractivity contribution in [3.63, 3.8) is 0 Å². The summed E-state index contributed by atoms with van der Waals surface area (Å²) >= 11 is 0. The van der Waals surface area contributed by atoms with Crippen LogP contribution in [0.2, 0.25) is 0 Å². The van der Waals surface area contributed by atoms with Crippen molar-refractivity contribution in [2.24, 2.45) is 0 Å². The highest BCUT2D eigenvalue weighted by atomic mass is 16.4. The zero-order chi connectivity index (χ0) is 14.2. The van der Waals surface area contributed by atoms with E-state index in [1.807, 2.05) is 0 Å². The van der Waals surface area contributed by atoms with Crippen molar-refractivity contribution >= 4 is 17.4 Å². The SMILES string of the molecule is O=C(NC1(C(=O)O)CCCC1)c1cnn2ccncc12. The third kappa shape index (κ3) is 1.91. The minimum absolute atomic E-state index is 0.339. The highest BCUT2D eigenvalue weighted by Gasteiger charge is 2.43. The van der Waals surface area contributed by atoms with E-state index in [2.05, 4.69) is 15.4 Å². The second-order valence-corrected chi connectivity index (χ2v) is 5.01. The average Bonchev–Trinajstić information content (AvgIpc) is 3.05. The Hall–Kier alpha value is -2.44. The molecule has 0 saturated heterocycles. The van der Waals surface area contributed by atoms with Gasteiger partial charge in [0.25, 0.3) is 5.91 Å². The van der Waals surface area contributed by atoms with E-state index in [4.69, 9.17) is 0 Å². The summed E-state index contributed by atoms with van der Waals surface area (Å²) in [7, 11) is 0. The Labute approximate surface area is 114 Å². The van der Waals surface area contributed by atoms with Gasteiger partial charge >= 0.3 is 5.97 Å². The number of rotatable bonds is 3. The summed E-state index contributed by atoms with van der Waals surface area (Å²) in [5.41, 5.74) is -0.248. The van der Waals surface area contributed by atoms with Gasteiger partial charge in [-0.3, -0.25) is 9.78 Å². The van der Waals surface area contributed by atoms with Gasteiger partial charge < -0.3 is 10.4 Å². The predicted molar refractivity (Wildman–Crippen MR) is 69.3 cm³/mol. The van der Waals surface area contributed by atoms with Crippen LogP contribution in [0.15, 0.2) is 24.8 Å². The summed E-state index contributed by atoms with van der Waals surface area (Å²) < 4.78 is 1.53. The van der Waals surface area contributed by atoms with E-state index in [0.717, 1.165) is 12.8 Å². The van der Waals surface area contributed by atoms with Gasteiger partial charge in [0.05, 0.1) is 23.5 Å². The molecule has 2 aromatic heterocycles. The van der Waals surface area contributed by atoms with Gasteiger partial charge in [0, 0.05) is 12.4 Å². The van der Waals surface area contributed by atoms with Gasteiger partial charge in [-0.1, -0.05) is 12.8 Å². The molecule has 2 aromatic rings. The number of hydrogen-bond acceptors (Lipinski definition) is 4. The molecule has 3 rings (SSSR count). The van der Waals surface area contributed by atoms with Gasteiger partial charge in [-0.05, 0) is 12.8 Å². The van der Waals surface area contributed by atoms with Gasteiger partial charge in [0.2, 0.25) is 0 Å². The van der Waals surface area contributed by atoms with Crippen LogP contribution in [0.1, 0.15) is 36.0 Å². The predicted octanol–water partition coefficient (Wildman–Crippen LogP) is 0.856. The molecule has 1 fully saturated rings. The summed E-state index contributed by atoms with van der Waals surface area (Å²) in [5.74, 6) is -1.39. The molecule has 7 nitrogen and oxygen atoms in total. The number of fused-ring (bicyclic) bond motifs is 1. The third-order valence-electron chi connectivity index (χ3n) is 3.79. The number of carboxylic acid groups (broad SMARTS) is 1. The molecule has 0 unspecified atom stereocenters. The molecule has 0 atom stereocenters. The molecule has 2 N–H and O–H groups in total. The van der Waals surface area contributed by atoms with Crippen molar-refractivity contribution in [1.82, 2.24) is 19.9 Å². The van der Waals surface area contributed by atoms with E-state index < -0.39 is 17.4 Å². The number of nitrogens with one attached hydrogen (secondary N) is 1. The van der Waals surface area contributed by atoms with Gasteiger partial charge in [-0.15, -0.1) is 0 Å². The topological polar surface area (TPSA) is 96.6 Å². The second-order valence-electron chi connectivity index (χ2n) is 5.01. The number of hydrogen-bond donors (Lipinski definition) is 2. The Morgan fingerprint density at radius 1 is 1.30 bits per heavy atom. The van der Waals surface area contributed by atoms with Crippen LogP contribution in [0.3, 0.4) is 0 Å². The van der Waals surface area contributed by atoms with Crippen molar-refractivity contribution in [3.05, 3.63) is 30.4 Å². The van der Waals surface area contributed by atoms with Crippen LogP contribution in [0.25, 0.3) is 5.52 Å². The summed E-state index contributed by atoms with van der Waals surface area (Å²) in [5, 5.41) is 16.1. The molecule has 20 heavy (non-hydrogen) atoms. The largest absolute Gasteiger partial charge is 0.480 e. The fourth-order valence-electron chi connectivity index (χ4n) is 2.66. The number of carboxylic acids is 1. The lowest BCUT2D eigenvalue weighted by molar-refractivity contribution is -0.144. The zero-order valence-electron chi connectivity index (χ0n) is 10.7. The summed E-state index contributed by atoms with van der Waals surface area (Å²) in [6.07, 6.45) is 8.70. The van der Waals surface area contributed by atoms with Gasteiger partial charge in [-0.25, -0.2) is 9.31 Å². The zero-order valence-corrected chi connectivity index (χ0v) is 10.7. The van der Waals surface area contributed by atoms with Crippen LogP contribution in [-0.2, 0) is 4.79 Å². The molecule has 2 heterocycles. The maximum absolute atomic E-state index is 12.3. The van der Waals surface area contributed by atoms with Gasteiger partial charge in [0.15, 0.2) is 0 Å². The Kier molecular flexibility index (Phi) is 2.89. The average molecular weight is 274 g/mol. The number of aromatic nitrogens is 3. The summed E-state index contributed by atoms with van der Waals surface area (Å²) in [6, 6.07) is 0. The first-order valence-corrected chi connectivity index (χ1v) is 6.46. The van der Waals surface area contributed by atoms with Crippen molar-refractivity contribution in [3.8, 4) is 0 Å². The summed E-state index contributed by atoms with van der Waals surface area (Å²) in [4.78, 5) is 27.7. The maximum Gasteiger partial charge on any atom is 0.329 e. The minimum Gasteiger partial charge on any atom is -0.480 e. The molecule has 7 heteroatoms. The first kappa shape index (κ1) is 12.6. The maximum atomic E-state index is 12.3. The second kappa shape index (κ2) is 4.59. The van der Waals surface area contributed by atoms with Crippen molar-refractivity contribution in [2.75, 3.05) is 0 Å². The van der Waals surface area contributed by atoms with Crippen LogP contribution in [-0.4, -0.2) is 37.1 Å². The molecular formula is C13H14N4O3. The lowest BCUT2D eigenvalue weighted by Gasteiger charge is -2.25. The van der Waals surface area contributed by atoms with E-state index >= 15 is 0 Å². The van der Waals surface area contributed by atoms with E-state index in [-0.39, 0.29) is 0 Å². The van der Waals surface area contributed by atoms with E-state index in [9.17, 15) is 14.7 Å². The quantitative estimate of drug-likeness (QED) is 0.865. The lowest BCUT2D eigenvalue weighted by atomic mass is 9.97. The third-order valence-corrected chi connectivity index (χ3v) is 3.79. The molecular weight excluding hydrogens is 260 g/mol. The van der Waals surface area contributed by atoms with Crippen molar-refractivity contribution < 1.29 is 14.7 Å². The van der Waals surface area contributed by atoms with Crippen LogP contribution in [0, 0.1) is 0 Å². The fraction of sp³-hybridized carbons (Fsp3) is 0.385. The fourth-order valence-corrected chi connectivity index (χ4v) is 2.66. The molecule has 0 aliphatic heterocycles. The Balaban J connectivity index is 1.91. The molecule has 1 aliphatic rings. The molecule has 1 aliphatic carbocycles. The molecule has 104 valence electrons.